The molecule has 0 bridgehead atoms. The van der Waals surface area contributed by atoms with E-state index >= 15 is 0 Å². The molecule has 2 N–H and O–H groups in total. The van der Waals surface area contributed by atoms with Crippen LogP contribution in [0.1, 0.15) is 16.1 Å². The summed E-state index contributed by atoms with van der Waals surface area (Å²) >= 11 is 4.65. The average Bonchev–Trinajstić information content (AvgIpc) is 2.89. The van der Waals surface area contributed by atoms with Gasteiger partial charge < -0.3 is 10.4 Å². The maximum atomic E-state index is 12.2. The number of nitrogens with zero attached hydrogens (tertiary/aromatic N) is 2. The van der Waals surface area contributed by atoms with Crippen molar-refractivity contribution in [3.63, 3.8) is 0 Å². The predicted octanol–water partition coefficient (Wildman–Crippen LogP) is 2.49. The van der Waals surface area contributed by atoms with Gasteiger partial charge in [0.05, 0.1) is 28.9 Å². The predicted molar refractivity (Wildman–Crippen MR) is 93.3 cm³/mol. The number of carbonyl (C=O) groups excluding carboxylic acids is 1. The molecule has 0 saturated heterocycles. The number of carboxylic acids is 1. The van der Waals surface area contributed by atoms with Crippen molar-refractivity contribution in [1.29, 1.82) is 0 Å². The van der Waals surface area contributed by atoms with Crippen molar-refractivity contribution >= 4 is 39.6 Å². The Labute approximate surface area is 146 Å². The number of amides is 1. The average molecular weight is 398 g/mol. The molecular weight excluding hydrogens is 382 g/mol. The van der Waals surface area contributed by atoms with E-state index in [1.807, 2.05) is 31.2 Å². The molecule has 122 valence electrons. The lowest BCUT2D eigenvalue weighted by atomic mass is 10.2. The summed E-state index contributed by atoms with van der Waals surface area (Å²) in [5, 5.41) is 15.6. The van der Waals surface area contributed by atoms with Crippen LogP contribution >= 0.6 is 27.7 Å². The van der Waals surface area contributed by atoms with Crippen molar-refractivity contribution in [2.24, 2.45) is 0 Å². The zero-order valence-corrected chi connectivity index (χ0v) is 14.9. The van der Waals surface area contributed by atoms with Crippen molar-refractivity contribution in [1.82, 2.24) is 15.1 Å². The van der Waals surface area contributed by atoms with E-state index in [2.05, 4.69) is 26.3 Å². The second-order valence-corrected chi connectivity index (χ2v) is 6.75. The van der Waals surface area contributed by atoms with Crippen LogP contribution in [-0.4, -0.2) is 44.8 Å². The normalized spacial score (nSPS) is 10.5. The van der Waals surface area contributed by atoms with E-state index in [0.717, 1.165) is 15.9 Å². The number of nitrogens with one attached hydrogen (secondary N) is 1. The first-order valence-electron chi connectivity index (χ1n) is 6.87. The van der Waals surface area contributed by atoms with Gasteiger partial charge in [-0.05, 0) is 31.2 Å². The molecule has 0 saturated carbocycles. The molecule has 0 aliphatic carbocycles. The largest absolute Gasteiger partial charge is 0.481 e. The number of hydrogen-bond acceptors (Lipinski definition) is 4. The van der Waals surface area contributed by atoms with E-state index in [1.165, 1.54) is 18.0 Å². The number of hydrogen-bond donors (Lipinski definition) is 2. The quantitative estimate of drug-likeness (QED) is 0.701. The van der Waals surface area contributed by atoms with Crippen molar-refractivity contribution in [2.75, 3.05) is 18.1 Å². The smallest absolute Gasteiger partial charge is 0.313 e. The van der Waals surface area contributed by atoms with E-state index in [1.54, 1.807) is 4.68 Å². The highest BCUT2D eigenvalue weighted by Crippen LogP contribution is 2.17. The molecule has 2 rings (SSSR count). The highest BCUT2D eigenvalue weighted by atomic mass is 79.9. The van der Waals surface area contributed by atoms with Crippen LogP contribution in [0.25, 0.3) is 5.69 Å². The molecule has 0 aliphatic rings. The molecule has 0 aliphatic heterocycles. The minimum absolute atomic E-state index is 0.0381. The van der Waals surface area contributed by atoms with Crippen LogP contribution in [0.3, 0.4) is 0 Å². The van der Waals surface area contributed by atoms with Crippen molar-refractivity contribution in [3.05, 3.63) is 46.2 Å². The molecule has 0 radical (unpaired) electrons. The Bertz CT molecular complexity index is 700. The molecule has 6 nitrogen and oxygen atoms in total. The zero-order valence-electron chi connectivity index (χ0n) is 12.5. The molecule has 8 heteroatoms. The monoisotopic (exact) mass is 397 g/mol. The maximum Gasteiger partial charge on any atom is 0.313 e. The lowest BCUT2D eigenvalue weighted by Gasteiger charge is -2.06. The Morgan fingerprint density at radius 2 is 2.04 bits per heavy atom. The molecular formula is C15H16BrN3O3S. The third kappa shape index (κ3) is 4.84. The van der Waals surface area contributed by atoms with Crippen molar-refractivity contribution in [2.45, 2.75) is 6.92 Å². The minimum atomic E-state index is -0.854. The van der Waals surface area contributed by atoms with E-state index in [9.17, 15) is 9.59 Å². The van der Waals surface area contributed by atoms with Gasteiger partial charge in [0, 0.05) is 16.8 Å². The summed E-state index contributed by atoms with van der Waals surface area (Å²) in [5.41, 5.74) is 2.14. The Morgan fingerprint density at radius 3 is 2.70 bits per heavy atom. The molecule has 0 spiro atoms. The van der Waals surface area contributed by atoms with Crippen LogP contribution in [-0.2, 0) is 4.79 Å². The van der Waals surface area contributed by atoms with Gasteiger partial charge in [-0.1, -0.05) is 15.9 Å². The number of aromatic nitrogens is 2. The minimum Gasteiger partial charge on any atom is -0.481 e. The second-order valence-electron chi connectivity index (χ2n) is 4.73. The molecule has 1 aromatic carbocycles. The number of halogens is 1. The van der Waals surface area contributed by atoms with Gasteiger partial charge in [-0.25, -0.2) is 4.68 Å². The van der Waals surface area contributed by atoms with Crippen LogP contribution in [0.15, 0.2) is 34.9 Å². The van der Waals surface area contributed by atoms with Gasteiger partial charge in [0.2, 0.25) is 0 Å². The molecule has 1 aromatic heterocycles. The van der Waals surface area contributed by atoms with Gasteiger partial charge in [0.1, 0.15) is 0 Å². The lowest BCUT2D eigenvalue weighted by Crippen LogP contribution is -2.26. The molecule has 1 amide bonds. The SMILES string of the molecule is Cc1c(C(=O)NCCSCC(=O)O)cnn1-c1ccc(Br)cc1. The van der Waals surface area contributed by atoms with Crippen LogP contribution in [0.5, 0.6) is 0 Å². The van der Waals surface area contributed by atoms with Gasteiger partial charge in [0.25, 0.3) is 5.91 Å². The fourth-order valence-electron chi connectivity index (χ4n) is 1.97. The summed E-state index contributed by atoms with van der Waals surface area (Å²) in [6, 6.07) is 7.65. The molecule has 0 fully saturated rings. The number of benzene rings is 1. The molecule has 2 aromatic rings. The van der Waals surface area contributed by atoms with Gasteiger partial charge >= 0.3 is 5.97 Å². The van der Waals surface area contributed by atoms with Crippen LogP contribution in [0.2, 0.25) is 0 Å². The summed E-state index contributed by atoms with van der Waals surface area (Å²) in [4.78, 5) is 22.6. The standard InChI is InChI=1S/C15H16BrN3O3S/c1-10-13(15(22)17-6-7-23-9-14(20)21)8-18-19(10)12-4-2-11(16)3-5-12/h2-5,8H,6-7,9H2,1H3,(H,17,22)(H,20,21). The summed E-state index contributed by atoms with van der Waals surface area (Å²) < 4.78 is 2.68. The lowest BCUT2D eigenvalue weighted by molar-refractivity contribution is -0.133. The van der Waals surface area contributed by atoms with Gasteiger partial charge in [0.15, 0.2) is 0 Å². The third-order valence-corrected chi connectivity index (χ3v) is 4.56. The summed E-state index contributed by atoms with van der Waals surface area (Å²) in [5.74, 6) is -0.469. The number of aliphatic carboxylic acids is 1. The zero-order chi connectivity index (χ0) is 16.8. The number of thioether (sulfide) groups is 1. The summed E-state index contributed by atoms with van der Waals surface area (Å²) in [6.45, 7) is 2.25. The van der Waals surface area contributed by atoms with E-state index < -0.39 is 5.97 Å². The number of carboxylic acid groups (broad SMARTS) is 1. The first-order chi connectivity index (χ1) is 11.0. The van der Waals surface area contributed by atoms with Crippen molar-refractivity contribution in [3.8, 4) is 5.69 Å². The highest BCUT2D eigenvalue weighted by molar-refractivity contribution is 9.10. The molecule has 23 heavy (non-hydrogen) atoms. The first kappa shape index (κ1) is 17.6. The second kappa shape index (κ2) is 8.16. The fraction of sp³-hybridized carbons (Fsp3) is 0.267. The molecule has 1 heterocycles. The maximum absolute atomic E-state index is 12.2. The van der Waals surface area contributed by atoms with E-state index in [-0.39, 0.29) is 11.7 Å². The Morgan fingerprint density at radius 1 is 1.35 bits per heavy atom. The molecule has 0 atom stereocenters. The number of rotatable bonds is 7. The number of carbonyl (C=O) groups is 2. The van der Waals surface area contributed by atoms with Crippen LogP contribution < -0.4 is 5.32 Å². The Balaban J connectivity index is 1.97. The fourth-order valence-corrected chi connectivity index (χ4v) is 2.80. The Hall–Kier alpha value is -1.80. The van der Waals surface area contributed by atoms with Gasteiger partial charge in [-0.3, -0.25) is 9.59 Å². The van der Waals surface area contributed by atoms with E-state index in [4.69, 9.17) is 5.11 Å². The van der Waals surface area contributed by atoms with Crippen molar-refractivity contribution < 1.29 is 14.7 Å². The van der Waals surface area contributed by atoms with Gasteiger partial charge in [-0.2, -0.15) is 5.10 Å². The topological polar surface area (TPSA) is 84.2 Å². The highest BCUT2D eigenvalue weighted by Gasteiger charge is 2.14. The van der Waals surface area contributed by atoms with Crippen LogP contribution in [0, 0.1) is 6.92 Å². The van der Waals surface area contributed by atoms with E-state index in [0.29, 0.717) is 17.9 Å². The summed E-state index contributed by atoms with van der Waals surface area (Å²) in [7, 11) is 0. The third-order valence-electron chi connectivity index (χ3n) is 3.08. The van der Waals surface area contributed by atoms with Crippen LogP contribution in [0.4, 0.5) is 0 Å². The van der Waals surface area contributed by atoms with Gasteiger partial charge in [-0.15, -0.1) is 11.8 Å². The first-order valence-corrected chi connectivity index (χ1v) is 8.82. The molecule has 0 unspecified atom stereocenters. The summed E-state index contributed by atoms with van der Waals surface area (Å²) in [6.07, 6.45) is 1.54. The Kier molecular flexibility index (Phi) is 6.23.